The lowest BCUT2D eigenvalue weighted by atomic mass is 9.88. The number of Topliss-reactive ketones (excluding diaryl/α,β-unsaturated/α-hetero) is 1. The highest BCUT2D eigenvalue weighted by molar-refractivity contribution is 5.97. The standard InChI is InChI=1S/C26H25F2NO2.ClH/c27-22-8-6-20(7-9-22)26(30)21-14-16-29(17-15-21)18-25(19-4-2-1-3-5-19)31-24-12-10-23(28)11-13-24;/h1-13,21,25H,14-18H2;1H. The first-order valence-corrected chi connectivity index (χ1v) is 10.6. The molecule has 3 aromatic rings. The van der Waals surface area contributed by atoms with Gasteiger partial charge >= 0.3 is 0 Å². The van der Waals surface area contributed by atoms with Crippen LogP contribution in [0.2, 0.25) is 0 Å². The van der Waals surface area contributed by atoms with Crippen molar-refractivity contribution in [1.82, 2.24) is 4.90 Å². The predicted molar refractivity (Wildman–Crippen MR) is 123 cm³/mol. The van der Waals surface area contributed by atoms with Crippen molar-refractivity contribution >= 4 is 18.2 Å². The Labute approximate surface area is 193 Å². The van der Waals surface area contributed by atoms with Crippen LogP contribution in [0.4, 0.5) is 8.78 Å². The number of ether oxygens (including phenoxy) is 1. The minimum atomic E-state index is -0.334. The van der Waals surface area contributed by atoms with Crippen molar-refractivity contribution in [2.75, 3.05) is 19.6 Å². The summed E-state index contributed by atoms with van der Waals surface area (Å²) in [5.74, 6) is 0.0318. The topological polar surface area (TPSA) is 29.5 Å². The number of nitrogens with zero attached hydrogens (tertiary/aromatic N) is 1. The highest BCUT2D eigenvalue weighted by atomic mass is 35.5. The lowest BCUT2D eigenvalue weighted by Crippen LogP contribution is -2.39. The molecule has 1 unspecified atom stereocenters. The Morgan fingerprint density at radius 2 is 1.44 bits per heavy atom. The molecule has 0 amide bonds. The average Bonchev–Trinajstić information content (AvgIpc) is 2.81. The molecule has 0 saturated carbocycles. The van der Waals surface area contributed by atoms with Crippen molar-refractivity contribution in [2.24, 2.45) is 5.92 Å². The van der Waals surface area contributed by atoms with E-state index in [-0.39, 0.29) is 41.8 Å². The molecule has 1 saturated heterocycles. The second kappa shape index (κ2) is 11.2. The Balaban J connectivity index is 0.00000289. The number of hydrogen-bond acceptors (Lipinski definition) is 3. The van der Waals surface area contributed by atoms with Gasteiger partial charge in [0, 0.05) is 18.0 Å². The van der Waals surface area contributed by atoms with Gasteiger partial charge in [-0.2, -0.15) is 0 Å². The average molecular weight is 458 g/mol. The third-order valence-electron chi connectivity index (χ3n) is 5.77. The maximum atomic E-state index is 13.3. The van der Waals surface area contributed by atoms with Crippen LogP contribution in [0.5, 0.6) is 5.75 Å². The van der Waals surface area contributed by atoms with Crippen molar-refractivity contribution in [3.05, 3.63) is 102 Å². The van der Waals surface area contributed by atoms with Crippen LogP contribution in [-0.2, 0) is 0 Å². The Morgan fingerprint density at radius 1 is 0.875 bits per heavy atom. The fourth-order valence-electron chi connectivity index (χ4n) is 4.02. The largest absolute Gasteiger partial charge is 0.484 e. The summed E-state index contributed by atoms with van der Waals surface area (Å²) in [6.45, 7) is 2.25. The Morgan fingerprint density at radius 3 is 2.03 bits per heavy atom. The van der Waals surface area contributed by atoms with Crippen molar-refractivity contribution in [3.8, 4) is 5.75 Å². The van der Waals surface area contributed by atoms with E-state index in [0.717, 1.165) is 31.5 Å². The van der Waals surface area contributed by atoms with Crippen LogP contribution in [0.15, 0.2) is 78.9 Å². The van der Waals surface area contributed by atoms with E-state index in [0.29, 0.717) is 17.9 Å². The minimum absolute atomic E-state index is 0. The summed E-state index contributed by atoms with van der Waals surface area (Å²) in [7, 11) is 0. The van der Waals surface area contributed by atoms with Crippen molar-refractivity contribution in [1.29, 1.82) is 0 Å². The van der Waals surface area contributed by atoms with Crippen LogP contribution in [-0.4, -0.2) is 30.3 Å². The fraction of sp³-hybridized carbons (Fsp3) is 0.269. The van der Waals surface area contributed by atoms with E-state index in [1.54, 1.807) is 24.3 Å². The zero-order valence-corrected chi connectivity index (χ0v) is 18.4. The van der Waals surface area contributed by atoms with Crippen LogP contribution in [0, 0.1) is 17.6 Å². The summed E-state index contributed by atoms with van der Waals surface area (Å²) in [6.07, 6.45) is 1.32. The van der Waals surface area contributed by atoms with Crippen LogP contribution in [0.25, 0.3) is 0 Å². The van der Waals surface area contributed by atoms with E-state index in [2.05, 4.69) is 4.90 Å². The predicted octanol–water partition coefficient (Wildman–Crippen LogP) is 6.10. The number of carbonyl (C=O) groups is 1. The second-order valence-corrected chi connectivity index (χ2v) is 7.92. The molecule has 168 valence electrons. The lowest BCUT2D eigenvalue weighted by Gasteiger charge is -2.34. The summed E-state index contributed by atoms with van der Waals surface area (Å²) < 4.78 is 32.6. The van der Waals surface area contributed by atoms with Crippen LogP contribution in [0.3, 0.4) is 0 Å². The molecule has 0 spiro atoms. The van der Waals surface area contributed by atoms with Gasteiger partial charge < -0.3 is 4.74 Å². The van der Waals surface area contributed by atoms with Gasteiger partial charge in [-0.1, -0.05) is 30.3 Å². The molecule has 6 heteroatoms. The maximum Gasteiger partial charge on any atom is 0.166 e. The third kappa shape index (κ3) is 6.15. The molecule has 4 rings (SSSR count). The monoisotopic (exact) mass is 457 g/mol. The quantitative estimate of drug-likeness (QED) is 0.401. The summed E-state index contributed by atoms with van der Waals surface area (Å²) in [5, 5.41) is 0. The molecular formula is C26H26ClF2NO2. The lowest BCUT2D eigenvalue weighted by molar-refractivity contribution is 0.0769. The molecular weight excluding hydrogens is 432 g/mol. The Hall–Kier alpha value is -2.76. The zero-order valence-electron chi connectivity index (χ0n) is 17.6. The van der Waals surface area contributed by atoms with Gasteiger partial charge in [0.1, 0.15) is 23.5 Å². The number of benzene rings is 3. The molecule has 1 atom stereocenters. The number of hydrogen-bond donors (Lipinski definition) is 0. The van der Waals surface area contributed by atoms with E-state index in [4.69, 9.17) is 4.74 Å². The molecule has 3 nitrogen and oxygen atoms in total. The smallest absolute Gasteiger partial charge is 0.166 e. The highest BCUT2D eigenvalue weighted by Gasteiger charge is 2.28. The molecule has 0 N–H and O–H groups in total. The van der Waals surface area contributed by atoms with Crippen molar-refractivity contribution in [3.63, 3.8) is 0 Å². The summed E-state index contributed by atoms with van der Waals surface area (Å²) in [4.78, 5) is 15.0. The van der Waals surface area contributed by atoms with E-state index >= 15 is 0 Å². The van der Waals surface area contributed by atoms with E-state index in [9.17, 15) is 13.6 Å². The van der Waals surface area contributed by atoms with Gasteiger partial charge in [0.2, 0.25) is 0 Å². The van der Waals surface area contributed by atoms with Crippen LogP contribution in [0.1, 0.15) is 34.9 Å². The normalized spacial score (nSPS) is 15.6. The zero-order chi connectivity index (χ0) is 21.6. The molecule has 1 fully saturated rings. The summed E-state index contributed by atoms with van der Waals surface area (Å²) in [6, 6.07) is 21.8. The maximum absolute atomic E-state index is 13.3. The molecule has 3 aromatic carbocycles. The Bertz CT molecular complexity index is 989. The summed E-state index contributed by atoms with van der Waals surface area (Å²) in [5.41, 5.74) is 1.62. The Kier molecular flexibility index (Phi) is 8.37. The molecule has 0 aliphatic carbocycles. The molecule has 0 bridgehead atoms. The number of rotatable bonds is 7. The van der Waals surface area contributed by atoms with Gasteiger partial charge in [-0.15, -0.1) is 12.4 Å². The first-order chi connectivity index (χ1) is 15.1. The SMILES string of the molecule is Cl.O=C(c1ccc(F)cc1)C1CCN(CC(Oc2ccc(F)cc2)c2ccccc2)CC1. The van der Waals surface area contributed by atoms with Crippen LogP contribution < -0.4 is 4.74 Å². The third-order valence-corrected chi connectivity index (χ3v) is 5.77. The first-order valence-electron chi connectivity index (χ1n) is 10.6. The molecule has 0 radical (unpaired) electrons. The molecule has 0 aromatic heterocycles. The first kappa shape index (κ1) is 23.9. The number of halogens is 3. The number of piperidine rings is 1. The second-order valence-electron chi connectivity index (χ2n) is 7.92. The molecule has 1 aliphatic rings. The van der Waals surface area contributed by atoms with E-state index < -0.39 is 0 Å². The molecule has 1 aliphatic heterocycles. The fourth-order valence-corrected chi connectivity index (χ4v) is 4.02. The van der Waals surface area contributed by atoms with E-state index in [1.807, 2.05) is 30.3 Å². The van der Waals surface area contributed by atoms with Gasteiger partial charge in [0.25, 0.3) is 0 Å². The van der Waals surface area contributed by atoms with Crippen molar-refractivity contribution < 1.29 is 18.3 Å². The number of carbonyl (C=O) groups excluding carboxylic acids is 1. The molecule has 32 heavy (non-hydrogen) atoms. The van der Waals surface area contributed by atoms with Gasteiger partial charge in [-0.3, -0.25) is 9.69 Å². The van der Waals surface area contributed by atoms with E-state index in [1.165, 1.54) is 24.3 Å². The number of likely N-dealkylation sites (tertiary alicyclic amines) is 1. The van der Waals surface area contributed by atoms with Gasteiger partial charge in [0.05, 0.1) is 0 Å². The molecule has 1 heterocycles. The number of ketones is 1. The minimum Gasteiger partial charge on any atom is -0.484 e. The van der Waals surface area contributed by atoms with Crippen LogP contribution >= 0.6 is 12.4 Å². The summed E-state index contributed by atoms with van der Waals surface area (Å²) >= 11 is 0. The van der Waals surface area contributed by atoms with Crippen molar-refractivity contribution in [2.45, 2.75) is 18.9 Å². The highest BCUT2D eigenvalue weighted by Crippen LogP contribution is 2.27. The van der Waals surface area contributed by atoms with Gasteiger partial charge in [-0.25, -0.2) is 8.78 Å². The van der Waals surface area contributed by atoms with Gasteiger partial charge in [0.15, 0.2) is 5.78 Å². The van der Waals surface area contributed by atoms with Gasteiger partial charge in [-0.05, 0) is 80.0 Å².